The molecule has 0 aliphatic carbocycles. The summed E-state index contributed by atoms with van der Waals surface area (Å²) in [7, 11) is 0. The van der Waals surface area contributed by atoms with Crippen molar-refractivity contribution < 1.29 is 15.0 Å². The Morgan fingerprint density at radius 1 is 0.826 bits per heavy atom. The number of aliphatic hydroxyl groups is 2. The van der Waals surface area contributed by atoms with Crippen LogP contribution in [0.2, 0.25) is 0 Å². The fourth-order valence-electron chi connectivity index (χ4n) is 2.69. The number of rotatable bonds is 4. The minimum absolute atomic E-state index is 0.0424. The molecule has 3 nitrogen and oxygen atoms in total. The lowest BCUT2D eigenvalue weighted by Crippen LogP contribution is -2.47. The molecular formula is C20H24O3. The van der Waals surface area contributed by atoms with Gasteiger partial charge in [-0.2, -0.15) is 0 Å². The van der Waals surface area contributed by atoms with Crippen molar-refractivity contribution in [2.75, 3.05) is 0 Å². The summed E-state index contributed by atoms with van der Waals surface area (Å²) in [5.74, 6) is -0.0424. The van der Waals surface area contributed by atoms with Gasteiger partial charge >= 0.3 is 0 Å². The lowest BCUT2D eigenvalue weighted by molar-refractivity contribution is -0.128. The second kappa shape index (κ2) is 6.26. The van der Waals surface area contributed by atoms with Gasteiger partial charge in [-0.05, 0) is 11.0 Å². The van der Waals surface area contributed by atoms with Gasteiger partial charge in [-0.25, -0.2) is 0 Å². The molecule has 1 atom stereocenters. The highest BCUT2D eigenvalue weighted by Crippen LogP contribution is 2.43. The maximum absolute atomic E-state index is 12.4. The third-order valence-corrected chi connectivity index (χ3v) is 4.86. The van der Waals surface area contributed by atoms with Crippen molar-refractivity contribution in [1.82, 2.24) is 0 Å². The third kappa shape index (κ3) is 3.21. The average Bonchev–Trinajstić information content (AvgIpc) is 2.53. The van der Waals surface area contributed by atoms with Crippen LogP contribution in [-0.4, -0.2) is 22.3 Å². The van der Waals surface area contributed by atoms with Gasteiger partial charge in [0.15, 0.2) is 12.1 Å². The molecule has 122 valence electrons. The normalized spacial score (nSPS) is 14.6. The molecule has 2 aromatic rings. The van der Waals surface area contributed by atoms with Crippen LogP contribution in [0, 0.1) is 5.41 Å². The van der Waals surface area contributed by atoms with Gasteiger partial charge in [-0.15, -0.1) is 0 Å². The van der Waals surface area contributed by atoms with Gasteiger partial charge in [0, 0.05) is 16.5 Å². The SMILES string of the molecule is CC(C)(C)C(C)(c1ccc(C(=O)c2ccccc2)cc1)C(O)O. The summed E-state index contributed by atoms with van der Waals surface area (Å²) >= 11 is 0. The van der Waals surface area contributed by atoms with Crippen molar-refractivity contribution in [3.63, 3.8) is 0 Å². The molecule has 0 radical (unpaired) electrons. The molecule has 1 unspecified atom stereocenters. The fraction of sp³-hybridized carbons (Fsp3) is 0.350. The Balaban J connectivity index is 2.38. The van der Waals surface area contributed by atoms with Crippen LogP contribution < -0.4 is 0 Å². The minimum Gasteiger partial charge on any atom is -0.367 e. The van der Waals surface area contributed by atoms with Crippen LogP contribution in [0.5, 0.6) is 0 Å². The molecule has 0 heterocycles. The number of aliphatic hydroxyl groups excluding tert-OH is 1. The van der Waals surface area contributed by atoms with Gasteiger partial charge in [-0.3, -0.25) is 4.79 Å². The average molecular weight is 312 g/mol. The number of carbonyl (C=O) groups excluding carboxylic acids is 1. The van der Waals surface area contributed by atoms with E-state index >= 15 is 0 Å². The maximum atomic E-state index is 12.4. The summed E-state index contributed by atoms with van der Waals surface area (Å²) < 4.78 is 0. The number of benzene rings is 2. The quantitative estimate of drug-likeness (QED) is 0.671. The summed E-state index contributed by atoms with van der Waals surface area (Å²) in [6.07, 6.45) is -1.49. The van der Waals surface area contributed by atoms with E-state index < -0.39 is 11.7 Å². The zero-order chi connectivity index (χ0) is 17.3. The Labute approximate surface area is 137 Å². The molecule has 0 saturated heterocycles. The van der Waals surface area contributed by atoms with Gasteiger partial charge in [0.25, 0.3) is 0 Å². The van der Waals surface area contributed by atoms with E-state index in [1.807, 2.05) is 45.9 Å². The molecule has 0 aliphatic rings. The minimum atomic E-state index is -1.49. The highest BCUT2D eigenvalue weighted by atomic mass is 16.5. The molecule has 2 aromatic carbocycles. The van der Waals surface area contributed by atoms with Gasteiger partial charge in [0.05, 0.1) is 0 Å². The third-order valence-electron chi connectivity index (χ3n) is 4.86. The lowest BCUT2D eigenvalue weighted by Gasteiger charge is -2.43. The van der Waals surface area contributed by atoms with E-state index in [9.17, 15) is 15.0 Å². The molecule has 0 saturated carbocycles. The van der Waals surface area contributed by atoms with Crippen molar-refractivity contribution in [1.29, 1.82) is 0 Å². The predicted molar refractivity (Wildman–Crippen MR) is 91.3 cm³/mol. The molecule has 23 heavy (non-hydrogen) atoms. The summed E-state index contributed by atoms with van der Waals surface area (Å²) in [4.78, 5) is 12.4. The second-order valence-corrected chi connectivity index (χ2v) is 7.10. The van der Waals surface area contributed by atoms with Crippen LogP contribution in [-0.2, 0) is 5.41 Å². The van der Waals surface area contributed by atoms with Crippen LogP contribution in [0.1, 0.15) is 49.2 Å². The zero-order valence-corrected chi connectivity index (χ0v) is 14.1. The molecule has 0 aromatic heterocycles. The largest absolute Gasteiger partial charge is 0.367 e. The maximum Gasteiger partial charge on any atom is 0.193 e. The van der Waals surface area contributed by atoms with E-state index in [2.05, 4.69) is 0 Å². The molecule has 0 fully saturated rings. The highest BCUT2D eigenvalue weighted by Gasteiger charge is 2.44. The smallest absolute Gasteiger partial charge is 0.193 e. The van der Waals surface area contributed by atoms with Crippen LogP contribution in [0.25, 0.3) is 0 Å². The first-order chi connectivity index (χ1) is 10.7. The van der Waals surface area contributed by atoms with Gasteiger partial charge in [0.2, 0.25) is 0 Å². The Bertz CT molecular complexity index is 666. The molecule has 0 bridgehead atoms. The number of ketones is 1. The number of hydrogen-bond donors (Lipinski definition) is 2. The van der Waals surface area contributed by atoms with E-state index in [-0.39, 0.29) is 11.2 Å². The second-order valence-electron chi connectivity index (χ2n) is 7.10. The predicted octanol–water partition coefficient (Wildman–Crippen LogP) is 3.53. The molecule has 2 rings (SSSR count). The summed E-state index contributed by atoms with van der Waals surface area (Å²) in [5.41, 5.74) is 0.835. The monoisotopic (exact) mass is 312 g/mol. The van der Waals surface area contributed by atoms with Gasteiger partial charge in [-0.1, -0.05) is 82.3 Å². The molecule has 3 heteroatoms. The first kappa shape index (κ1) is 17.4. The van der Waals surface area contributed by atoms with E-state index in [1.165, 1.54) is 0 Å². The van der Waals surface area contributed by atoms with Crippen molar-refractivity contribution in [3.8, 4) is 0 Å². The molecule has 2 N–H and O–H groups in total. The lowest BCUT2D eigenvalue weighted by atomic mass is 9.63. The van der Waals surface area contributed by atoms with Crippen LogP contribution >= 0.6 is 0 Å². The summed E-state index contributed by atoms with van der Waals surface area (Å²) in [6.45, 7) is 7.73. The van der Waals surface area contributed by atoms with Crippen LogP contribution in [0.4, 0.5) is 0 Å². The summed E-state index contributed by atoms with van der Waals surface area (Å²) in [5, 5.41) is 19.8. The molecule has 0 aliphatic heterocycles. The van der Waals surface area contributed by atoms with Gasteiger partial charge in [0.1, 0.15) is 0 Å². The van der Waals surface area contributed by atoms with Crippen molar-refractivity contribution in [2.45, 2.75) is 39.4 Å². The van der Waals surface area contributed by atoms with Crippen LogP contribution in [0.3, 0.4) is 0 Å². The Morgan fingerprint density at radius 2 is 1.30 bits per heavy atom. The first-order valence-corrected chi connectivity index (χ1v) is 7.74. The van der Waals surface area contributed by atoms with Crippen molar-refractivity contribution in [2.24, 2.45) is 5.41 Å². The van der Waals surface area contributed by atoms with Crippen LogP contribution in [0.15, 0.2) is 54.6 Å². The molecule has 0 amide bonds. The fourth-order valence-corrected chi connectivity index (χ4v) is 2.69. The standard InChI is InChI=1S/C20H24O3/c1-19(2,3)20(4,18(22)23)16-12-10-15(11-13-16)17(21)14-8-6-5-7-9-14/h5-13,18,22-23H,1-4H3. The topological polar surface area (TPSA) is 57.5 Å². The summed E-state index contributed by atoms with van der Waals surface area (Å²) in [6, 6.07) is 16.2. The number of carbonyl (C=O) groups is 1. The molecular weight excluding hydrogens is 288 g/mol. The van der Waals surface area contributed by atoms with E-state index in [1.54, 1.807) is 36.4 Å². The highest BCUT2D eigenvalue weighted by molar-refractivity contribution is 6.08. The Hall–Kier alpha value is -1.97. The van der Waals surface area contributed by atoms with Gasteiger partial charge < -0.3 is 10.2 Å². The van der Waals surface area contributed by atoms with Crippen molar-refractivity contribution in [3.05, 3.63) is 71.3 Å². The van der Waals surface area contributed by atoms with E-state index in [0.29, 0.717) is 11.1 Å². The first-order valence-electron chi connectivity index (χ1n) is 7.74. The van der Waals surface area contributed by atoms with E-state index in [4.69, 9.17) is 0 Å². The van der Waals surface area contributed by atoms with E-state index in [0.717, 1.165) is 5.56 Å². The van der Waals surface area contributed by atoms with Crippen molar-refractivity contribution >= 4 is 5.78 Å². The Morgan fingerprint density at radius 3 is 1.74 bits per heavy atom. The number of hydrogen-bond acceptors (Lipinski definition) is 3. The Kier molecular flexibility index (Phi) is 4.73. The zero-order valence-electron chi connectivity index (χ0n) is 14.1. The molecule has 0 spiro atoms.